The highest BCUT2D eigenvalue weighted by Crippen LogP contribution is 2.43. The van der Waals surface area contributed by atoms with E-state index in [9.17, 15) is 14.7 Å². The van der Waals surface area contributed by atoms with E-state index in [1.54, 1.807) is 60.7 Å². The van der Waals surface area contributed by atoms with E-state index in [2.05, 4.69) is 0 Å². The molecule has 1 amide bonds. The summed E-state index contributed by atoms with van der Waals surface area (Å²) in [4.78, 5) is 28.3. The van der Waals surface area contributed by atoms with Crippen molar-refractivity contribution < 1.29 is 28.9 Å². The van der Waals surface area contributed by atoms with Gasteiger partial charge in [-0.05, 0) is 74.4 Å². The molecule has 3 aromatic rings. The Kier molecular flexibility index (Phi) is 8.13. The van der Waals surface area contributed by atoms with E-state index in [4.69, 9.17) is 14.2 Å². The third-order valence-electron chi connectivity index (χ3n) is 5.94. The van der Waals surface area contributed by atoms with E-state index in [-0.39, 0.29) is 11.3 Å². The highest BCUT2D eigenvalue weighted by atomic mass is 16.5. The van der Waals surface area contributed by atoms with Crippen LogP contribution in [0.3, 0.4) is 0 Å². The van der Waals surface area contributed by atoms with Crippen molar-refractivity contribution in [2.24, 2.45) is 0 Å². The van der Waals surface area contributed by atoms with Gasteiger partial charge in [0, 0.05) is 17.3 Å². The number of hydrogen-bond acceptors (Lipinski definition) is 6. The Morgan fingerprint density at radius 1 is 0.811 bits per heavy atom. The lowest BCUT2D eigenvalue weighted by atomic mass is 9.95. The molecule has 1 fully saturated rings. The quantitative estimate of drug-likeness (QED) is 0.212. The molecular weight excluding hydrogens is 470 g/mol. The molecule has 7 heteroatoms. The standard InChI is InChI=1S/C30H31NO6/c1-4-17-37-23-15-13-20(14-16-23)28(32)26-27(21-9-7-11-24(18-21)35-5-2)31(30(34)29(26)33)22-10-8-12-25(19-22)36-6-3/h7-16,18-19,27,32H,4-6,17H2,1-3H3/b28-26+. The van der Waals surface area contributed by atoms with Gasteiger partial charge in [0.05, 0.1) is 31.4 Å². The van der Waals surface area contributed by atoms with Gasteiger partial charge in [-0.2, -0.15) is 0 Å². The smallest absolute Gasteiger partial charge is 0.300 e. The molecular formula is C30H31NO6. The van der Waals surface area contributed by atoms with Crippen molar-refractivity contribution in [1.82, 2.24) is 0 Å². The molecule has 37 heavy (non-hydrogen) atoms. The molecule has 1 unspecified atom stereocenters. The number of aliphatic hydroxyl groups excluding tert-OH is 1. The Bertz CT molecular complexity index is 1300. The van der Waals surface area contributed by atoms with Crippen LogP contribution in [-0.2, 0) is 9.59 Å². The average molecular weight is 502 g/mol. The zero-order chi connectivity index (χ0) is 26.4. The predicted molar refractivity (Wildman–Crippen MR) is 142 cm³/mol. The summed E-state index contributed by atoms with van der Waals surface area (Å²) in [6.07, 6.45) is 0.872. The summed E-state index contributed by atoms with van der Waals surface area (Å²) >= 11 is 0. The van der Waals surface area contributed by atoms with Crippen LogP contribution < -0.4 is 19.1 Å². The Labute approximate surface area is 216 Å². The Morgan fingerprint density at radius 3 is 2.11 bits per heavy atom. The van der Waals surface area contributed by atoms with Gasteiger partial charge in [-0.1, -0.05) is 25.1 Å². The van der Waals surface area contributed by atoms with Gasteiger partial charge in [0.1, 0.15) is 23.0 Å². The van der Waals surface area contributed by atoms with Gasteiger partial charge in [-0.15, -0.1) is 0 Å². The average Bonchev–Trinajstić information content (AvgIpc) is 3.18. The molecule has 3 aromatic carbocycles. The summed E-state index contributed by atoms with van der Waals surface area (Å²) in [5.74, 6) is 0.0861. The minimum atomic E-state index is -0.867. The number of rotatable bonds is 10. The lowest BCUT2D eigenvalue weighted by Crippen LogP contribution is -2.29. The fraction of sp³-hybridized carbons (Fsp3) is 0.267. The lowest BCUT2D eigenvalue weighted by molar-refractivity contribution is -0.132. The Morgan fingerprint density at radius 2 is 1.46 bits per heavy atom. The van der Waals surface area contributed by atoms with Crippen molar-refractivity contribution in [2.45, 2.75) is 33.2 Å². The second-order valence-electron chi connectivity index (χ2n) is 8.48. The van der Waals surface area contributed by atoms with E-state index in [0.717, 1.165) is 6.42 Å². The predicted octanol–water partition coefficient (Wildman–Crippen LogP) is 5.90. The number of nitrogens with zero attached hydrogens (tertiary/aromatic N) is 1. The first kappa shape index (κ1) is 25.8. The molecule has 4 rings (SSSR count). The maximum Gasteiger partial charge on any atom is 0.300 e. The molecule has 0 bridgehead atoms. The molecule has 1 N–H and O–H groups in total. The number of carbonyl (C=O) groups excluding carboxylic acids is 2. The largest absolute Gasteiger partial charge is 0.507 e. The van der Waals surface area contributed by atoms with Gasteiger partial charge in [-0.25, -0.2) is 0 Å². The van der Waals surface area contributed by atoms with Crippen molar-refractivity contribution in [1.29, 1.82) is 0 Å². The number of ketones is 1. The van der Waals surface area contributed by atoms with E-state index in [1.165, 1.54) is 4.90 Å². The second kappa shape index (κ2) is 11.6. The van der Waals surface area contributed by atoms with E-state index in [0.29, 0.717) is 53.9 Å². The van der Waals surface area contributed by atoms with Crippen LogP contribution in [0, 0.1) is 0 Å². The molecule has 1 atom stereocenters. The zero-order valence-electron chi connectivity index (χ0n) is 21.3. The molecule has 0 radical (unpaired) electrons. The first-order valence-corrected chi connectivity index (χ1v) is 12.5. The Balaban J connectivity index is 1.85. The summed E-state index contributed by atoms with van der Waals surface area (Å²) in [5.41, 5.74) is 1.54. The number of anilines is 1. The topological polar surface area (TPSA) is 85.3 Å². The molecule has 1 aliphatic heterocycles. The van der Waals surface area contributed by atoms with Crippen molar-refractivity contribution in [3.05, 3.63) is 89.5 Å². The molecule has 1 heterocycles. The van der Waals surface area contributed by atoms with E-state index < -0.39 is 17.7 Å². The first-order valence-electron chi connectivity index (χ1n) is 12.5. The maximum absolute atomic E-state index is 13.4. The third-order valence-corrected chi connectivity index (χ3v) is 5.94. The number of amides is 1. The molecule has 7 nitrogen and oxygen atoms in total. The fourth-order valence-electron chi connectivity index (χ4n) is 4.33. The second-order valence-corrected chi connectivity index (χ2v) is 8.48. The van der Waals surface area contributed by atoms with Crippen LogP contribution in [0.5, 0.6) is 17.2 Å². The van der Waals surface area contributed by atoms with Gasteiger partial charge in [0.25, 0.3) is 11.7 Å². The normalized spacial score (nSPS) is 16.6. The van der Waals surface area contributed by atoms with Gasteiger partial charge in [0.2, 0.25) is 0 Å². The highest BCUT2D eigenvalue weighted by molar-refractivity contribution is 6.51. The summed E-state index contributed by atoms with van der Waals surface area (Å²) in [6.45, 7) is 7.27. The van der Waals surface area contributed by atoms with E-state index >= 15 is 0 Å². The van der Waals surface area contributed by atoms with Crippen molar-refractivity contribution in [3.8, 4) is 17.2 Å². The summed E-state index contributed by atoms with van der Waals surface area (Å²) in [5, 5.41) is 11.4. The molecule has 1 aliphatic rings. The van der Waals surface area contributed by atoms with Crippen LogP contribution in [0.4, 0.5) is 5.69 Å². The number of benzene rings is 3. The van der Waals surface area contributed by atoms with Crippen LogP contribution in [0.1, 0.15) is 44.4 Å². The molecule has 192 valence electrons. The third kappa shape index (κ3) is 5.45. The monoisotopic (exact) mass is 501 g/mol. The molecule has 1 saturated heterocycles. The summed E-state index contributed by atoms with van der Waals surface area (Å²) < 4.78 is 16.9. The maximum atomic E-state index is 13.4. The number of Topliss-reactive ketones (excluding diaryl/α,β-unsaturated/α-hetero) is 1. The van der Waals surface area contributed by atoms with Crippen molar-refractivity contribution in [2.75, 3.05) is 24.7 Å². The zero-order valence-corrected chi connectivity index (χ0v) is 21.3. The minimum Gasteiger partial charge on any atom is -0.507 e. The van der Waals surface area contributed by atoms with Crippen LogP contribution in [0.15, 0.2) is 78.4 Å². The van der Waals surface area contributed by atoms with Crippen LogP contribution in [0.2, 0.25) is 0 Å². The van der Waals surface area contributed by atoms with Crippen LogP contribution in [0.25, 0.3) is 5.76 Å². The van der Waals surface area contributed by atoms with Crippen molar-refractivity contribution >= 4 is 23.1 Å². The van der Waals surface area contributed by atoms with Crippen LogP contribution in [-0.4, -0.2) is 36.6 Å². The highest BCUT2D eigenvalue weighted by Gasteiger charge is 2.47. The number of ether oxygens (including phenoxy) is 3. The molecule has 0 saturated carbocycles. The van der Waals surface area contributed by atoms with Gasteiger partial charge in [0.15, 0.2) is 0 Å². The minimum absolute atomic E-state index is 0.00249. The summed E-state index contributed by atoms with van der Waals surface area (Å²) in [6, 6.07) is 20.2. The van der Waals surface area contributed by atoms with Gasteiger partial charge < -0.3 is 19.3 Å². The SMILES string of the molecule is CCCOc1ccc(/C(O)=C2\C(=O)C(=O)N(c3cccc(OCC)c3)C2c2cccc(OCC)c2)cc1. The molecule has 0 spiro atoms. The number of aliphatic hydroxyl groups is 1. The number of hydrogen-bond donors (Lipinski definition) is 1. The Hall–Kier alpha value is -4.26. The lowest BCUT2D eigenvalue weighted by Gasteiger charge is -2.26. The van der Waals surface area contributed by atoms with E-state index in [1.807, 2.05) is 32.9 Å². The first-order chi connectivity index (χ1) is 18.0. The van der Waals surface area contributed by atoms with Crippen LogP contribution >= 0.6 is 0 Å². The number of carbonyl (C=O) groups is 2. The fourth-order valence-corrected chi connectivity index (χ4v) is 4.33. The summed E-state index contributed by atoms with van der Waals surface area (Å²) in [7, 11) is 0. The van der Waals surface area contributed by atoms with Gasteiger partial charge >= 0.3 is 0 Å². The molecule has 0 aromatic heterocycles. The van der Waals surface area contributed by atoms with Gasteiger partial charge in [-0.3, -0.25) is 14.5 Å². The van der Waals surface area contributed by atoms with Crippen molar-refractivity contribution in [3.63, 3.8) is 0 Å². The molecule has 0 aliphatic carbocycles.